The molecule has 1 aromatic carbocycles. The molecule has 4 nitrogen and oxygen atoms in total. The third kappa shape index (κ3) is 4.74. The van der Waals surface area contributed by atoms with Gasteiger partial charge >= 0.3 is 0 Å². The molecule has 1 fully saturated rings. The summed E-state index contributed by atoms with van der Waals surface area (Å²) in [5.74, 6) is 0. The Labute approximate surface area is 126 Å². The molecule has 1 aromatic rings. The number of hydrogen-bond acceptors (Lipinski definition) is 3. The van der Waals surface area contributed by atoms with E-state index < -0.39 is 10.0 Å². The Morgan fingerprint density at radius 2 is 1.90 bits per heavy atom. The molecule has 1 heterocycles. The van der Waals surface area contributed by atoms with Crippen LogP contribution in [0.4, 0.5) is 0 Å². The fourth-order valence-corrected chi connectivity index (χ4v) is 3.52. The topological polar surface area (TPSA) is 40.6 Å². The predicted octanol–water partition coefficient (Wildman–Crippen LogP) is 1.85. The molecule has 0 bridgehead atoms. The van der Waals surface area contributed by atoms with Gasteiger partial charge in [0.25, 0.3) is 0 Å². The summed E-state index contributed by atoms with van der Waals surface area (Å²) in [5, 5.41) is 0.782. The zero-order valence-electron chi connectivity index (χ0n) is 11.8. The van der Waals surface area contributed by atoms with Crippen molar-refractivity contribution >= 4 is 21.6 Å². The molecule has 1 aliphatic rings. The van der Waals surface area contributed by atoms with Crippen molar-refractivity contribution in [1.29, 1.82) is 0 Å². The lowest BCUT2D eigenvalue weighted by Gasteiger charge is -2.33. The van der Waals surface area contributed by atoms with E-state index in [2.05, 4.69) is 11.0 Å². The van der Waals surface area contributed by atoms with Gasteiger partial charge in [-0.2, -0.15) is 4.31 Å². The highest BCUT2D eigenvalue weighted by atomic mass is 35.5. The van der Waals surface area contributed by atoms with E-state index in [4.69, 9.17) is 11.6 Å². The smallest absolute Gasteiger partial charge is 0.211 e. The van der Waals surface area contributed by atoms with Crippen LogP contribution in [0.2, 0.25) is 5.02 Å². The van der Waals surface area contributed by atoms with Crippen molar-refractivity contribution in [3.8, 4) is 0 Å². The maximum Gasteiger partial charge on any atom is 0.211 e. The Morgan fingerprint density at radius 3 is 2.50 bits per heavy atom. The highest BCUT2D eigenvalue weighted by molar-refractivity contribution is 7.88. The van der Waals surface area contributed by atoms with Gasteiger partial charge in [-0.1, -0.05) is 23.7 Å². The molecule has 0 aliphatic carbocycles. The highest BCUT2D eigenvalue weighted by Crippen LogP contribution is 2.13. The van der Waals surface area contributed by atoms with E-state index in [1.807, 2.05) is 18.2 Å². The van der Waals surface area contributed by atoms with Gasteiger partial charge in [0.1, 0.15) is 0 Å². The van der Waals surface area contributed by atoms with Gasteiger partial charge in [-0.05, 0) is 37.1 Å². The standard InChI is InChI=1S/C14H21ClN2O2S/c1-20(18,19)17-10-8-16(9-11-17)7-3-5-13-4-2-6-14(15)12-13/h2,4,6,12H,3,5,7-11H2,1H3. The Morgan fingerprint density at radius 1 is 1.20 bits per heavy atom. The van der Waals surface area contributed by atoms with Gasteiger partial charge in [0.05, 0.1) is 6.26 Å². The Kier molecular flexibility index (Phi) is 5.43. The lowest BCUT2D eigenvalue weighted by molar-refractivity contribution is 0.187. The maximum atomic E-state index is 11.4. The normalized spacial score (nSPS) is 18.3. The first-order chi connectivity index (χ1) is 9.45. The van der Waals surface area contributed by atoms with Crippen LogP contribution < -0.4 is 0 Å². The molecule has 1 aliphatic heterocycles. The fourth-order valence-electron chi connectivity index (χ4n) is 2.48. The molecule has 1 saturated heterocycles. The first kappa shape index (κ1) is 15.8. The molecular formula is C14H21ClN2O2S. The second-order valence-electron chi connectivity index (χ2n) is 5.24. The van der Waals surface area contributed by atoms with E-state index in [1.165, 1.54) is 11.8 Å². The molecule has 20 heavy (non-hydrogen) atoms. The first-order valence-electron chi connectivity index (χ1n) is 6.87. The number of piperazine rings is 1. The first-order valence-corrected chi connectivity index (χ1v) is 9.10. The summed E-state index contributed by atoms with van der Waals surface area (Å²) in [6, 6.07) is 7.95. The van der Waals surface area contributed by atoms with Gasteiger partial charge in [0, 0.05) is 31.2 Å². The van der Waals surface area contributed by atoms with Crippen molar-refractivity contribution in [3.05, 3.63) is 34.9 Å². The summed E-state index contributed by atoms with van der Waals surface area (Å²) in [6.07, 6.45) is 3.36. The number of aryl methyl sites for hydroxylation is 1. The highest BCUT2D eigenvalue weighted by Gasteiger charge is 2.22. The van der Waals surface area contributed by atoms with Crippen LogP contribution in [0.3, 0.4) is 0 Å². The SMILES string of the molecule is CS(=O)(=O)N1CCN(CCCc2cccc(Cl)c2)CC1. The molecular weight excluding hydrogens is 296 g/mol. The zero-order chi connectivity index (χ0) is 14.6. The quantitative estimate of drug-likeness (QED) is 0.832. The van der Waals surface area contributed by atoms with Crippen LogP contribution in [-0.2, 0) is 16.4 Å². The lowest BCUT2D eigenvalue weighted by Crippen LogP contribution is -2.48. The van der Waals surface area contributed by atoms with Crippen LogP contribution in [0.1, 0.15) is 12.0 Å². The summed E-state index contributed by atoms with van der Waals surface area (Å²) in [7, 11) is -3.03. The number of nitrogens with zero attached hydrogens (tertiary/aromatic N) is 2. The molecule has 0 saturated carbocycles. The van der Waals surface area contributed by atoms with Crippen LogP contribution >= 0.6 is 11.6 Å². The minimum atomic E-state index is -3.03. The number of hydrogen-bond donors (Lipinski definition) is 0. The van der Waals surface area contributed by atoms with Gasteiger partial charge in [-0.3, -0.25) is 0 Å². The average Bonchev–Trinajstić information content (AvgIpc) is 2.38. The summed E-state index contributed by atoms with van der Waals surface area (Å²) in [6.45, 7) is 3.86. The van der Waals surface area contributed by atoms with Crippen molar-refractivity contribution in [2.45, 2.75) is 12.8 Å². The number of rotatable bonds is 5. The van der Waals surface area contributed by atoms with Crippen LogP contribution in [0.15, 0.2) is 24.3 Å². The van der Waals surface area contributed by atoms with Crippen LogP contribution in [0.5, 0.6) is 0 Å². The maximum absolute atomic E-state index is 11.4. The molecule has 0 atom stereocenters. The third-order valence-electron chi connectivity index (χ3n) is 3.63. The molecule has 6 heteroatoms. The van der Waals surface area contributed by atoms with E-state index in [0.29, 0.717) is 13.1 Å². The molecule has 0 N–H and O–H groups in total. The van der Waals surface area contributed by atoms with E-state index >= 15 is 0 Å². The molecule has 0 amide bonds. The van der Waals surface area contributed by atoms with E-state index in [-0.39, 0.29) is 0 Å². The monoisotopic (exact) mass is 316 g/mol. The van der Waals surface area contributed by atoms with E-state index in [9.17, 15) is 8.42 Å². The predicted molar refractivity (Wildman–Crippen MR) is 82.6 cm³/mol. The number of sulfonamides is 1. The molecule has 112 valence electrons. The van der Waals surface area contributed by atoms with E-state index in [1.54, 1.807) is 4.31 Å². The molecule has 0 unspecified atom stereocenters. The van der Waals surface area contributed by atoms with Crippen molar-refractivity contribution in [2.75, 3.05) is 39.0 Å². The summed E-state index contributed by atoms with van der Waals surface area (Å²) in [5.41, 5.74) is 1.26. The Bertz CT molecular complexity index is 540. The summed E-state index contributed by atoms with van der Waals surface area (Å²) < 4.78 is 24.4. The second-order valence-corrected chi connectivity index (χ2v) is 7.66. The summed E-state index contributed by atoms with van der Waals surface area (Å²) >= 11 is 5.96. The fraction of sp³-hybridized carbons (Fsp3) is 0.571. The largest absolute Gasteiger partial charge is 0.301 e. The van der Waals surface area contributed by atoms with Gasteiger partial charge < -0.3 is 4.90 Å². The van der Waals surface area contributed by atoms with Crippen molar-refractivity contribution in [2.24, 2.45) is 0 Å². The van der Waals surface area contributed by atoms with Gasteiger partial charge in [0.2, 0.25) is 10.0 Å². The average molecular weight is 317 g/mol. The molecule has 2 rings (SSSR count). The minimum absolute atomic E-state index is 0.607. The molecule has 0 radical (unpaired) electrons. The van der Waals surface area contributed by atoms with Crippen LogP contribution in [0, 0.1) is 0 Å². The van der Waals surface area contributed by atoms with Crippen LogP contribution in [-0.4, -0.2) is 56.6 Å². The molecule has 0 spiro atoms. The summed E-state index contributed by atoms with van der Waals surface area (Å²) in [4.78, 5) is 2.33. The van der Waals surface area contributed by atoms with Crippen molar-refractivity contribution in [1.82, 2.24) is 9.21 Å². The van der Waals surface area contributed by atoms with Gasteiger partial charge in [-0.15, -0.1) is 0 Å². The number of benzene rings is 1. The zero-order valence-corrected chi connectivity index (χ0v) is 13.3. The Balaban J connectivity index is 1.71. The van der Waals surface area contributed by atoms with Gasteiger partial charge in [-0.25, -0.2) is 8.42 Å². The van der Waals surface area contributed by atoms with Crippen molar-refractivity contribution < 1.29 is 8.42 Å². The molecule has 0 aromatic heterocycles. The second kappa shape index (κ2) is 6.89. The minimum Gasteiger partial charge on any atom is -0.301 e. The van der Waals surface area contributed by atoms with Gasteiger partial charge in [0.15, 0.2) is 0 Å². The number of halogens is 1. The van der Waals surface area contributed by atoms with Crippen LogP contribution in [0.25, 0.3) is 0 Å². The van der Waals surface area contributed by atoms with E-state index in [0.717, 1.165) is 37.5 Å². The van der Waals surface area contributed by atoms with Crippen molar-refractivity contribution in [3.63, 3.8) is 0 Å². The third-order valence-corrected chi connectivity index (χ3v) is 5.17. The lowest BCUT2D eigenvalue weighted by atomic mass is 10.1. The Hall–Kier alpha value is -0.620.